The fourth-order valence-corrected chi connectivity index (χ4v) is 0.932. The zero-order valence-electron chi connectivity index (χ0n) is 8.18. The highest BCUT2D eigenvalue weighted by molar-refractivity contribution is 5.81. The molecule has 0 heterocycles. The Morgan fingerprint density at radius 3 is 2.80 bits per heavy atom. The lowest BCUT2D eigenvalue weighted by atomic mass is 10.3. The lowest BCUT2D eigenvalue weighted by Gasteiger charge is -2.07. The standard InChI is InChI=1S/C11H12O4/c1-2-11(13)15-8-7-14-10-6-4-3-5-9(10)12/h2-6,12H,1,7-8H2. The van der Waals surface area contributed by atoms with Gasteiger partial charge in [0.05, 0.1) is 0 Å². The summed E-state index contributed by atoms with van der Waals surface area (Å²) in [5, 5.41) is 9.32. The van der Waals surface area contributed by atoms with Crippen LogP contribution in [0, 0.1) is 0 Å². The second kappa shape index (κ2) is 5.70. The Balaban J connectivity index is 2.29. The van der Waals surface area contributed by atoms with Gasteiger partial charge in [0.25, 0.3) is 0 Å². The maximum atomic E-state index is 10.6. The topological polar surface area (TPSA) is 55.8 Å². The Morgan fingerprint density at radius 2 is 2.13 bits per heavy atom. The van der Waals surface area contributed by atoms with Crippen molar-refractivity contribution in [2.24, 2.45) is 0 Å². The van der Waals surface area contributed by atoms with E-state index in [0.717, 1.165) is 6.08 Å². The summed E-state index contributed by atoms with van der Waals surface area (Å²) in [6.45, 7) is 3.57. The van der Waals surface area contributed by atoms with Crippen LogP contribution in [-0.2, 0) is 9.53 Å². The number of carbonyl (C=O) groups excluding carboxylic acids is 1. The molecule has 1 N–H and O–H groups in total. The van der Waals surface area contributed by atoms with Crippen LogP contribution in [-0.4, -0.2) is 24.3 Å². The first-order chi connectivity index (χ1) is 7.24. The van der Waals surface area contributed by atoms with Crippen molar-refractivity contribution < 1.29 is 19.4 Å². The monoisotopic (exact) mass is 208 g/mol. The molecule has 0 unspecified atom stereocenters. The smallest absolute Gasteiger partial charge is 0.330 e. The molecule has 15 heavy (non-hydrogen) atoms. The molecule has 4 nitrogen and oxygen atoms in total. The molecule has 1 aromatic rings. The first kappa shape index (κ1) is 11.1. The Bertz CT molecular complexity index is 346. The molecule has 0 aliphatic heterocycles. The summed E-state index contributed by atoms with van der Waals surface area (Å²) in [5.74, 6) is -0.0596. The van der Waals surface area contributed by atoms with Crippen LogP contribution in [0.3, 0.4) is 0 Å². The number of ether oxygens (including phenoxy) is 2. The summed E-state index contributed by atoms with van der Waals surface area (Å²) in [7, 11) is 0. The van der Waals surface area contributed by atoms with E-state index in [0.29, 0.717) is 5.75 Å². The number of phenols is 1. The highest BCUT2D eigenvalue weighted by Gasteiger charge is 2.00. The fourth-order valence-electron chi connectivity index (χ4n) is 0.932. The molecule has 0 saturated heterocycles. The molecule has 0 saturated carbocycles. The number of aromatic hydroxyl groups is 1. The summed E-state index contributed by atoms with van der Waals surface area (Å²) >= 11 is 0. The molecular formula is C11H12O4. The van der Waals surface area contributed by atoms with E-state index in [1.54, 1.807) is 18.2 Å². The predicted octanol–water partition coefficient (Wildman–Crippen LogP) is 1.50. The van der Waals surface area contributed by atoms with Gasteiger partial charge in [-0.15, -0.1) is 0 Å². The second-order valence-electron chi connectivity index (χ2n) is 2.69. The van der Waals surface area contributed by atoms with Gasteiger partial charge in [0.2, 0.25) is 0 Å². The minimum Gasteiger partial charge on any atom is -0.504 e. The zero-order valence-corrected chi connectivity index (χ0v) is 8.18. The average molecular weight is 208 g/mol. The van der Waals surface area contributed by atoms with Crippen LogP contribution < -0.4 is 4.74 Å². The van der Waals surface area contributed by atoms with Crippen molar-refractivity contribution in [3.05, 3.63) is 36.9 Å². The van der Waals surface area contributed by atoms with Gasteiger partial charge < -0.3 is 14.6 Å². The van der Waals surface area contributed by atoms with Gasteiger partial charge in [0, 0.05) is 6.08 Å². The lowest BCUT2D eigenvalue weighted by molar-refractivity contribution is -0.138. The third-order valence-electron chi connectivity index (χ3n) is 1.62. The Labute approximate surface area is 87.7 Å². The number of hydrogen-bond acceptors (Lipinski definition) is 4. The van der Waals surface area contributed by atoms with Crippen LogP contribution in [0.25, 0.3) is 0 Å². The van der Waals surface area contributed by atoms with Crippen molar-refractivity contribution in [2.45, 2.75) is 0 Å². The zero-order chi connectivity index (χ0) is 11.1. The number of benzene rings is 1. The molecule has 0 fully saturated rings. The molecular weight excluding hydrogens is 196 g/mol. The summed E-state index contributed by atoms with van der Waals surface area (Å²) in [6, 6.07) is 6.58. The third kappa shape index (κ3) is 3.72. The fraction of sp³-hybridized carbons (Fsp3) is 0.182. The Kier molecular flexibility index (Phi) is 4.22. The Hall–Kier alpha value is -1.97. The molecule has 1 aromatic carbocycles. The molecule has 0 aromatic heterocycles. The number of hydrogen-bond donors (Lipinski definition) is 1. The van der Waals surface area contributed by atoms with E-state index in [2.05, 4.69) is 11.3 Å². The number of phenolic OH excluding ortho intramolecular Hbond substituents is 1. The maximum Gasteiger partial charge on any atom is 0.330 e. The van der Waals surface area contributed by atoms with Crippen LogP contribution in [0.15, 0.2) is 36.9 Å². The quantitative estimate of drug-likeness (QED) is 0.452. The van der Waals surface area contributed by atoms with Crippen LogP contribution >= 0.6 is 0 Å². The van der Waals surface area contributed by atoms with Crippen molar-refractivity contribution in [1.29, 1.82) is 0 Å². The van der Waals surface area contributed by atoms with Crippen molar-refractivity contribution >= 4 is 5.97 Å². The highest BCUT2D eigenvalue weighted by atomic mass is 16.6. The minimum absolute atomic E-state index is 0.0625. The van der Waals surface area contributed by atoms with Crippen LogP contribution in [0.4, 0.5) is 0 Å². The van der Waals surface area contributed by atoms with Gasteiger partial charge in [-0.05, 0) is 12.1 Å². The second-order valence-corrected chi connectivity index (χ2v) is 2.69. The number of carbonyl (C=O) groups is 1. The van der Waals surface area contributed by atoms with E-state index >= 15 is 0 Å². The van der Waals surface area contributed by atoms with Gasteiger partial charge in [-0.3, -0.25) is 0 Å². The van der Waals surface area contributed by atoms with E-state index in [9.17, 15) is 9.90 Å². The minimum atomic E-state index is -0.490. The summed E-state index contributed by atoms with van der Waals surface area (Å²) < 4.78 is 9.86. The highest BCUT2D eigenvalue weighted by Crippen LogP contribution is 2.23. The van der Waals surface area contributed by atoms with Crippen LogP contribution in [0.2, 0.25) is 0 Å². The van der Waals surface area contributed by atoms with Crippen molar-refractivity contribution in [2.75, 3.05) is 13.2 Å². The van der Waals surface area contributed by atoms with E-state index in [1.807, 2.05) is 0 Å². The predicted molar refractivity (Wildman–Crippen MR) is 54.8 cm³/mol. The van der Waals surface area contributed by atoms with Gasteiger partial charge in [-0.25, -0.2) is 4.79 Å². The first-order valence-corrected chi connectivity index (χ1v) is 4.44. The SMILES string of the molecule is C=CC(=O)OCCOc1ccccc1O. The summed E-state index contributed by atoms with van der Waals surface area (Å²) in [5.41, 5.74) is 0. The van der Waals surface area contributed by atoms with Crippen molar-refractivity contribution in [3.63, 3.8) is 0 Å². The van der Waals surface area contributed by atoms with Crippen molar-refractivity contribution in [3.8, 4) is 11.5 Å². The van der Waals surface area contributed by atoms with Gasteiger partial charge in [0.15, 0.2) is 11.5 Å². The average Bonchev–Trinajstić information content (AvgIpc) is 2.26. The molecule has 0 bridgehead atoms. The largest absolute Gasteiger partial charge is 0.504 e. The molecule has 0 atom stereocenters. The number of esters is 1. The van der Waals surface area contributed by atoms with E-state index in [1.165, 1.54) is 6.07 Å². The third-order valence-corrected chi connectivity index (χ3v) is 1.62. The molecule has 0 radical (unpaired) electrons. The van der Waals surface area contributed by atoms with E-state index in [4.69, 9.17) is 4.74 Å². The molecule has 0 amide bonds. The lowest BCUT2D eigenvalue weighted by Crippen LogP contribution is -2.10. The summed E-state index contributed by atoms with van der Waals surface area (Å²) in [4.78, 5) is 10.6. The van der Waals surface area contributed by atoms with E-state index < -0.39 is 5.97 Å². The molecule has 80 valence electrons. The molecule has 0 aliphatic carbocycles. The van der Waals surface area contributed by atoms with Crippen molar-refractivity contribution in [1.82, 2.24) is 0 Å². The van der Waals surface area contributed by atoms with Crippen LogP contribution in [0.1, 0.15) is 0 Å². The van der Waals surface area contributed by atoms with Gasteiger partial charge in [-0.1, -0.05) is 18.7 Å². The summed E-state index contributed by atoms with van der Waals surface area (Å²) in [6.07, 6.45) is 1.08. The Morgan fingerprint density at radius 1 is 1.40 bits per heavy atom. The maximum absolute atomic E-state index is 10.6. The normalized spacial score (nSPS) is 9.33. The van der Waals surface area contributed by atoms with Gasteiger partial charge >= 0.3 is 5.97 Å². The first-order valence-electron chi connectivity index (χ1n) is 4.44. The number of para-hydroxylation sites is 2. The molecule has 4 heteroatoms. The van der Waals surface area contributed by atoms with E-state index in [-0.39, 0.29) is 19.0 Å². The van der Waals surface area contributed by atoms with Crippen LogP contribution in [0.5, 0.6) is 11.5 Å². The van der Waals surface area contributed by atoms with Gasteiger partial charge in [-0.2, -0.15) is 0 Å². The molecule has 1 rings (SSSR count). The van der Waals surface area contributed by atoms with Gasteiger partial charge in [0.1, 0.15) is 13.2 Å². The molecule has 0 aliphatic rings. The molecule has 0 spiro atoms. The number of rotatable bonds is 5.